The van der Waals surface area contributed by atoms with Crippen LogP contribution in [0.3, 0.4) is 0 Å². The second-order valence-electron chi connectivity index (χ2n) is 5.75. The zero-order valence-electron chi connectivity index (χ0n) is 12.8. The number of carbonyl (C=O) groups is 2. The third kappa shape index (κ3) is 1.95. The van der Waals surface area contributed by atoms with Crippen LogP contribution < -0.4 is 0 Å². The Balaban J connectivity index is 1.89. The highest BCUT2D eigenvalue weighted by atomic mass is 16.2. The minimum Gasteiger partial charge on any atom is -0.332 e. The number of aromatic nitrogens is 2. The van der Waals surface area contributed by atoms with Crippen LogP contribution >= 0.6 is 0 Å². The lowest BCUT2D eigenvalue weighted by Gasteiger charge is -2.00. The highest BCUT2D eigenvalue weighted by Gasteiger charge is 2.33. The molecule has 0 aliphatic heterocycles. The van der Waals surface area contributed by atoms with E-state index in [9.17, 15) is 9.59 Å². The van der Waals surface area contributed by atoms with E-state index in [1.807, 2.05) is 42.8 Å². The normalized spacial score (nSPS) is 13.7. The number of hydrogen-bond donors (Lipinski definition) is 0. The second kappa shape index (κ2) is 4.74. The highest BCUT2D eigenvalue weighted by Crippen LogP contribution is 2.31. The first-order valence-corrected chi connectivity index (χ1v) is 7.38. The molecule has 4 nitrogen and oxygen atoms in total. The largest absolute Gasteiger partial charge is 0.332 e. The van der Waals surface area contributed by atoms with Gasteiger partial charge in [0.1, 0.15) is 5.82 Å². The second-order valence-corrected chi connectivity index (χ2v) is 5.75. The van der Waals surface area contributed by atoms with Crippen molar-refractivity contribution in [2.75, 3.05) is 0 Å². The predicted molar refractivity (Wildman–Crippen MR) is 88.5 cm³/mol. The third-order valence-electron chi connectivity index (χ3n) is 4.41. The molecule has 4 heteroatoms. The van der Waals surface area contributed by atoms with Crippen LogP contribution in [0.5, 0.6) is 0 Å². The zero-order valence-corrected chi connectivity index (χ0v) is 12.8. The molecule has 0 spiro atoms. The summed E-state index contributed by atoms with van der Waals surface area (Å²) >= 11 is 0. The van der Waals surface area contributed by atoms with Gasteiger partial charge in [-0.3, -0.25) is 9.59 Å². The SMILES string of the molecule is Cc1ncc(C=C2C(=O)c3cc4ccccc4cc3C2=O)n1C. The molecule has 0 saturated heterocycles. The smallest absolute Gasteiger partial charge is 0.197 e. The number of fused-ring (bicyclic) bond motifs is 2. The van der Waals surface area contributed by atoms with E-state index in [1.165, 1.54) is 0 Å². The molecule has 112 valence electrons. The van der Waals surface area contributed by atoms with Gasteiger partial charge >= 0.3 is 0 Å². The van der Waals surface area contributed by atoms with Gasteiger partial charge in [0, 0.05) is 18.2 Å². The number of nitrogens with zero attached hydrogens (tertiary/aromatic N) is 2. The predicted octanol–water partition coefficient (Wildman–Crippen LogP) is 3.34. The van der Waals surface area contributed by atoms with Crippen LogP contribution in [0.4, 0.5) is 0 Å². The van der Waals surface area contributed by atoms with Crippen molar-refractivity contribution in [3.8, 4) is 0 Å². The van der Waals surface area contributed by atoms with Gasteiger partial charge in [0.05, 0.1) is 17.5 Å². The molecule has 0 fully saturated rings. The van der Waals surface area contributed by atoms with E-state index in [2.05, 4.69) is 4.98 Å². The van der Waals surface area contributed by atoms with Crippen molar-refractivity contribution < 1.29 is 9.59 Å². The molecule has 0 amide bonds. The van der Waals surface area contributed by atoms with Crippen molar-refractivity contribution in [3.05, 3.63) is 70.8 Å². The Kier molecular flexibility index (Phi) is 2.81. The van der Waals surface area contributed by atoms with Crippen LogP contribution in [-0.2, 0) is 7.05 Å². The Morgan fingerprint density at radius 1 is 1.00 bits per heavy atom. The fourth-order valence-corrected chi connectivity index (χ4v) is 2.94. The molecule has 23 heavy (non-hydrogen) atoms. The average molecular weight is 302 g/mol. The Morgan fingerprint density at radius 2 is 1.57 bits per heavy atom. The van der Waals surface area contributed by atoms with E-state index >= 15 is 0 Å². The van der Waals surface area contributed by atoms with Gasteiger partial charge in [0.15, 0.2) is 11.6 Å². The summed E-state index contributed by atoms with van der Waals surface area (Å²) in [6, 6.07) is 11.3. The first kappa shape index (κ1) is 13.6. The molecular formula is C19H14N2O2. The number of Topliss-reactive ketones (excluding diaryl/α,β-unsaturated/α-hetero) is 2. The first-order valence-electron chi connectivity index (χ1n) is 7.38. The van der Waals surface area contributed by atoms with Gasteiger partial charge in [-0.15, -0.1) is 0 Å². The molecule has 2 aromatic carbocycles. The summed E-state index contributed by atoms with van der Waals surface area (Å²) in [7, 11) is 1.86. The monoisotopic (exact) mass is 302 g/mol. The molecule has 3 aromatic rings. The van der Waals surface area contributed by atoms with Gasteiger partial charge in [0.25, 0.3) is 0 Å². The maximum Gasteiger partial charge on any atom is 0.197 e. The number of aryl methyl sites for hydroxylation is 1. The Morgan fingerprint density at radius 3 is 2.04 bits per heavy atom. The maximum absolute atomic E-state index is 12.7. The van der Waals surface area contributed by atoms with Crippen molar-refractivity contribution >= 4 is 28.4 Å². The highest BCUT2D eigenvalue weighted by molar-refractivity contribution is 6.42. The fraction of sp³-hybridized carbons (Fsp3) is 0.105. The van der Waals surface area contributed by atoms with Gasteiger partial charge in [-0.25, -0.2) is 4.98 Å². The van der Waals surface area contributed by atoms with Gasteiger partial charge in [-0.1, -0.05) is 24.3 Å². The van der Waals surface area contributed by atoms with Gasteiger partial charge in [-0.05, 0) is 35.9 Å². The molecule has 0 N–H and O–H groups in total. The number of ketones is 2. The third-order valence-corrected chi connectivity index (χ3v) is 4.41. The molecule has 1 aromatic heterocycles. The van der Waals surface area contributed by atoms with Crippen molar-refractivity contribution in [1.82, 2.24) is 9.55 Å². The summed E-state index contributed by atoms with van der Waals surface area (Å²) in [5, 5.41) is 1.93. The van der Waals surface area contributed by atoms with Crippen molar-refractivity contribution in [1.29, 1.82) is 0 Å². The van der Waals surface area contributed by atoms with Crippen molar-refractivity contribution in [2.24, 2.45) is 7.05 Å². The Bertz CT molecular complexity index is 969. The molecule has 1 aliphatic carbocycles. The molecule has 0 radical (unpaired) electrons. The average Bonchev–Trinajstić information content (AvgIpc) is 2.99. The Labute approximate surface area is 133 Å². The fourth-order valence-electron chi connectivity index (χ4n) is 2.94. The zero-order chi connectivity index (χ0) is 16.1. The summed E-state index contributed by atoms with van der Waals surface area (Å²) in [6.07, 6.45) is 3.30. The molecule has 1 aliphatic rings. The lowest BCUT2D eigenvalue weighted by molar-refractivity contribution is 0.0990. The Hall–Kier alpha value is -3.01. The van der Waals surface area contributed by atoms with Crippen molar-refractivity contribution in [3.63, 3.8) is 0 Å². The van der Waals surface area contributed by atoms with E-state index in [1.54, 1.807) is 24.4 Å². The maximum atomic E-state index is 12.7. The number of hydrogen-bond acceptors (Lipinski definition) is 3. The molecule has 4 rings (SSSR count). The van der Waals surface area contributed by atoms with Gasteiger partial charge < -0.3 is 4.57 Å². The molecule has 0 atom stereocenters. The quantitative estimate of drug-likeness (QED) is 0.511. The number of rotatable bonds is 1. The van der Waals surface area contributed by atoms with Crippen molar-refractivity contribution in [2.45, 2.75) is 6.92 Å². The minimum atomic E-state index is -0.213. The van der Waals surface area contributed by atoms with Crippen LogP contribution in [0.2, 0.25) is 0 Å². The molecule has 0 unspecified atom stereocenters. The lowest BCUT2D eigenvalue weighted by Crippen LogP contribution is -2.02. The van der Waals surface area contributed by atoms with Crippen LogP contribution in [-0.4, -0.2) is 21.1 Å². The van der Waals surface area contributed by atoms with E-state index in [-0.39, 0.29) is 17.1 Å². The van der Waals surface area contributed by atoms with Crippen LogP contribution in [0.1, 0.15) is 32.2 Å². The molecule has 0 saturated carbocycles. The summed E-state index contributed by atoms with van der Waals surface area (Å²) < 4.78 is 1.85. The molecular weight excluding hydrogens is 288 g/mol. The lowest BCUT2D eigenvalue weighted by atomic mass is 10.0. The van der Waals surface area contributed by atoms with E-state index < -0.39 is 0 Å². The number of carbonyl (C=O) groups excluding carboxylic acids is 2. The molecule has 1 heterocycles. The van der Waals surface area contributed by atoms with Crippen LogP contribution in [0.25, 0.3) is 16.8 Å². The summed E-state index contributed by atoms with van der Waals surface area (Å²) in [5.74, 6) is 0.405. The minimum absolute atomic E-state index is 0.207. The van der Waals surface area contributed by atoms with E-state index in [0.29, 0.717) is 11.1 Å². The topological polar surface area (TPSA) is 52.0 Å². The summed E-state index contributed by atoms with van der Waals surface area (Å²) in [5.41, 5.74) is 1.92. The number of allylic oxidation sites excluding steroid dienone is 1. The van der Waals surface area contributed by atoms with Crippen LogP contribution in [0.15, 0.2) is 48.2 Å². The first-order chi connectivity index (χ1) is 11.1. The standard InChI is InChI=1S/C19H14N2O2/c1-11-20-10-14(21(11)2)9-17-18(22)15-7-12-5-3-4-6-13(12)8-16(15)19(17)23/h3-10H,1-2H3. The number of imidazole rings is 1. The van der Waals surface area contributed by atoms with Gasteiger partial charge in [-0.2, -0.15) is 0 Å². The van der Waals surface area contributed by atoms with Gasteiger partial charge in [0.2, 0.25) is 0 Å². The summed E-state index contributed by atoms with van der Waals surface area (Å²) in [6.45, 7) is 1.88. The summed E-state index contributed by atoms with van der Waals surface area (Å²) in [4.78, 5) is 29.5. The molecule has 0 bridgehead atoms. The number of benzene rings is 2. The van der Waals surface area contributed by atoms with E-state index in [0.717, 1.165) is 22.3 Å². The van der Waals surface area contributed by atoms with Crippen LogP contribution in [0, 0.1) is 6.92 Å². The van der Waals surface area contributed by atoms with E-state index in [4.69, 9.17) is 0 Å².